The molecule has 1 N–H and O–H groups in total. The number of carbonyl (C=O) groups is 1. The number of aliphatic carboxylic acids is 1. The molecule has 15 heavy (non-hydrogen) atoms. The Morgan fingerprint density at radius 1 is 1.53 bits per heavy atom. The zero-order valence-electron chi connectivity index (χ0n) is 9.82. The Balaban J connectivity index is 2.14. The summed E-state index contributed by atoms with van der Waals surface area (Å²) in [5, 5.41) is 8.50. The van der Waals surface area contributed by atoms with E-state index in [1.165, 1.54) is 6.42 Å². The van der Waals surface area contributed by atoms with Gasteiger partial charge in [0.15, 0.2) is 0 Å². The number of carboxylic acid groups (broad SMARTS) is 1. The fourth-order valence-corrected chi connectivity index (χ4v) is 1.83. The maximum absolute atomic E-state index is 10.3. The van der Waals surface area contributed by atoms with E-state index in [1.54, 1.807) is 0 Å². The largest absolute Gasteiger partial charge is 0.480 e. The molecule has 0 amide bonds. The van der Waals surface area contributed by atoms with Crippen molar-refractivity contribution in [2.45, 2.75) is 32.8 Å². The lowest BCUT2D eigenvalue weighted by Crippen LogP contribution is -2.61. The van der Waals surface area contributed by atoms with Gasteiger partial charge in [-0.05, 0) is 25.8 Å². The van der Waals surface area contributed by atoms with Crippen molar-refractivity contribution in [3.05, 3.63) is 0 Å². The van der Waals surface area contributed by atoms with E-state index in [4.69, 9.17) is 9.84 Å². The average Bonchev–Trinajstić information content (AvgIpc) is 2.07. The second-order valence-electron chi connectivity index (χ2n) is 5.03. The number of hydrogen-bond donors (Lipinski definition) is 1. The quantitative estimate of drug-likeness (QED) is 0.723. The van der Waals surface area contributed by atoms with Crippen LogP contribution in [0.25, 0.3) is 0 Å². The lowest BCUT2D eigenvalue weighted by molar-refractivity contribution is -0.164. The van der Waals surface area contributed by atoms with E-state index in [-0.39, 0.29) is 12.2 Å². The van der Waals surface area contributed by atoms with Crippen LogP contribution in [0.5, 0.6) is 0 Å². The van der Waals surface area contributed by atoms with Crippen molar-refractivity contribution in [3.8, 4) is 0 Å². The third-order valence-corrected chi connectivity index (χ3v) is 2.68. The van der Waals surface area contributed by atoms with Crippen molar-refractivity contribution < 1.29 is 14.6 Å². The van der Waals surface area contributed by atoms with Crippen molar-refractivity contribution in [2.75, 3.05) is 26.2 Å². The van der Waals surface area contributed by atoms with Gasteiger partial charge in [0.05, 0.1) is 5.60 Å². The molecule has 0 aromatic rings. The van der Waals surface area contributed by atoms with Crippen LogP contribution in [0, 0.1) is 5.92 Å². The van der Waals surface area contributed by atoms with E-state index >= 15 is 0 Å². The minimum atomic E-state index is -0.892. The summed E-state index contributed by atoms with van der Waals surface area (Å²) in [5.74, 6) is -0.173. The first-order valence-electron chi connectivity index (χ1n) is 5.49. The molecule has 1 saturated heterocycles. The van der Waals surface area contributed by atoms with E-state index in [0.29, 0.717) is 0 Å². The van der Waals surface area contributed by atoms with Crippen LogP contribution in [0.1, 0.15) is 27.2 Å². The standard InChI is InChI=1S/C11H21NO3/c1-9(2)4-5-12-7-11(3,8-12)15-6-10(13)14/h9H,4-8H2,1-3H3,(H,13,14). The predicted octanol–water partition coefficient (Wildman–Crippen LogP) is 1.21. The zero-order valence-corrected chi connectivity index (χ0v) is 9.82. The lowest BCUT2D eigenvalue weighted by atomic mass is 9.95. The monoisotopic (exact) mass is 215 g/mol. The molecule has 0 aliphatic carbocycles. The van der Waals surface area contributed by atoms with Gasteiger partial charge in [-0.15, -0.1) is 0 Å². The van der Waals surface area contributed by atoms with Crippen molar-refractivity contribution in [1.82, 2.24) is 4.90 Å². The van der Waals surface area contributed by atoms with Gasteiger partial charge in [0.1, 0.15) is 6.61 Å². The van der Waals surface area contributed by atoms with Crippen molar-refractivity contribution >= 4 is 5.97 Å². The summed E-state index contributed by atoms with van der Waals surface area (Å²) >= 11 is 0. The third-order valence-electron chi connectivity index (χ3n) is 2.68. The van der Waals surface area contributed by atoms with E-state index in [0.717, 1.165) is 25.6 Å². The molecule has 4 heteroatoms. The van der Waals surface area contributed by atoms with Gasteiger partial charge in [-0.1, -0.05) is 13.8 Å². The number of likely N-dealkylation sites (tertiary alicyclic amines) is 1. The van der Waals surface area contributed by atoms with Crippen LogP contribution < -0.4 is 0 Å². The fraction of sp³-hybridized carbons (Fsp3) is 0.909. The highest BCUT2D eigenvalue weighted by Crippen LogP contribution is 2.25. The molecule has 0 aromatic heterocycles. The zero-order chi connectivity index (χ0) is 11.5. The molecule has 1 aliphatic rings. The Labute approximate surface area is 91.2 Å². The van der Waals surface area contributed by atoms with Gasteiger partial charge in [0, 0.05) is 13.1 Å². The molecular weight excluding hydrogens is 194 g/mol. The Hall–Kier alpha value is -0.610. The maximum Gasteiger partial charge on any atom is 0.329 e. The van der Waals surface area contributed by atoms with E-state index in [1.807, 2.05) is 6.92 Å². The van der Waals surface area contributed by atoms with Crippen LogP contribution in [0.3, 0.4) is 0 Å². The van der Waals surface area contributed by atoms with Gasteiger partial charge in [-0.3, -0.25) is 4.90 Å². The van der Waals surface area contributed by atoms with Gasteiger partial charge in [-0.2, -0.15) is 0 Å². The average molecular weight is 215 g/mol. The Kier molecular flexibility index (Phi) is 4.11. The number of carboxylic acids is 1. The molecule has 4 nitrogen and oxygen atoms in total. The molecule has 0 unspecified atom stereocenters. The highest BCUT2D eigenvalue weighted by atomic mass is 16.5. The maximum atomic E-state index is 10.3. The van der Waals surface area contributed by atoms with E-state index in [2.05, 4.69) is 18.7 Å². The van der Waals surface area contributed by atoms with Crippen LogP contribution in [-0.2, 0) is 9.53 Å². The van der Waals surface area contributed by atoms with Gasteiger partial charge in [0.25, 0.3) is 0 Å². The summed E-state index contributed by atoms with van der Waals surface area (Å²) in [7, 11) is 0. The van der Waals surface area contributed by atoms with Crippen LogP contribution in [0.15, 0.2) is 0 Å². The molecule has 1 aliphatic heterocycles. The van der Waals surface area contributed by atoms with Gasteiger partial charge in [-0.25, -0.2) is 4.79 Å². The second-order valence-corrected chi connectivity index (χ2v) is 5.03. The molecule has 0 bridgehead atoms. The smallest absolute Gasteiger partial charge is 0.329 e. The Bertz CT molecular complexity index is 222. The SMILES string of the molecule is CC(C)CCN1CC(C)(OCC(=O)O)C1. The summed E-state index contributed by atoms with van der Waals surface area (Å²) in [6, 6.07) is 0. The molecule has 0 radical (unpaired) electrons. The lowest BCUT2D eigenvalue weighted by Gasteiger charge is -2.47. The molecule has 1 rings (SSSR count). The van der Waals surface area contributed by atoms with Crippen LogP contribution in [-0.4, -0.2) is 47.8 Å². The van der Waals surface area contributed by atoms with E-state index < -0.39 is 5.97 Å². The first-order valence-corrected chi connectivity index (χ1v) is 5.49. The number of rotatable bonds is 6. The predicted molar refractivity (Wildman–Crippen MR) is 57.9 cm³/mol. The van der Waals surface area contributed by atoms with Crippen LogP contribution >= 0.6 is 0 Å². The third kappa shape index (κ3) is 4.18. The van der Waals surface area contributed by atoms with Crippen molar-refractivity contribution in [3.63, 3.8) is 0 Å². The van der Waals surface area contributed by atoms with Gasteiger partial charge in [0.2, 0.25) is 0 Å². The number of nitrogens with zero attached hydrogens (tertiary/aromatic N) is 1. The molecule has 0 saturated carbocycles. The first kappa shape index (κ1) is 12.5. The van der Waals surface area contributed by atoms with Crippen molar-refractivity contribution in [2.24, 2.45) is 5.92 Å². The molecule has 0 atom stereocenters. The topological polar surface area (TPSA) is 49.8 Å². The summed E-state index contributed by atoms with van der Waals surface area (Å²) in [6.07, 6.45) is 1.19. The highest BCUT2D eigenvalue weighted by Gasteiger charge is 2.39. The van der Waals surface area contributed by atoms with Crippen LogP contribution in [0.2, 0.25) is 0 Å². The summed E-state index contributed by atoms with van der Waals surface area (Å²) in [6.45, 7) is 9.00. The fourth-order valence-electron chi connectivity index (χ4n) is 1.83. The summed E-state index contributed by atoms with van der Waals surface area (Å²) < 4.78 is 5.32. The number of hydrogen-bond acceptors (Lipinski definition) is 3. The summed E-state index contributed by atoms with van der Waals surface area (Å²) in [5.41, 5.74) is -0.241. The minimum Gasteiger partial charge on any atom is -0.480 e. The van der Waals surface area contributed by atoms with Gasteiger partial charge >= 0.3 is 5.97 Å². The molecule has 1 heterocycles. The molecular formula is C11H21NO3. The molecule has 0 aromatic carbocycles. The molecule has 88 valence electrons. The highest BCUT2D eigenvalue weighted by molar-refractivity contribution is 5.68. The minimum absolute atomic E-state index is 0.186. The van der Waals surface area contributed by atoms with Crippen LogP contribution in [0.4, 0.5) is 0 Å². The van der Waals surface area contributed by atoms with Gasteiger partial charge < -0.3 is 9.84 Å². The van der Waals surface area contributed by atoms with E-state index in [9.17, 15) is 4.79 Å². The molecule has 1 fully saturated rings. The Morgan fingerprint density at radius 3 is 2.60 bits per heavy atom. The first-order chi connectivity index (χ1) is 6.91. The normalized spacial score (nSPS) is 20.3. The Morgan fingerprint density at radius 2 is 2.13 bits per heavy atom. The number of ether oxygens (including phenoxy) is 1. The molecule has 0 spiro atoms. The second kappa shape index (κ2) is 4.94. The van der Waals surface area contributed by atoms with Crippen molar-refractivity contribution in [1.29, 1.82) is 0 Å². The summed E-state index contributed by atoms with van der Waals surface area (Å²) in [4.78, 5) is 12.7.